The summed E-state index contributed by atoms with van der Waals surface area (Å²) >= 11 is 0. The fourth-order valence-electron chi connectivity index (χ4n) is 1.75. The molecule has 0 bridgehead atoms. The summed E-state index contributed by atoms with van der Waals surface area (Å²) in [4.78, 5) is -0.337. The van der Waals surface area contributed by atoms with Crippen molar-refractivity contribution in [1.29, 1.82) is 0 Å². The van der Waals surface area contributed by atoms with Gasteiger partial charge in [-0.05, 0) is 24.3 Å². The third kappa shape index (κ3) is 3.56. The van der Waals surface area contributed by atoms with Gasteiger partial charge in [-0.25, -0.2) is 21.9 Å². The molecule has 4 nitrogen and oxygen atoms in total. The first kappa shape index (κ1) is 15.4. The van der Waals surface area contributed by atoms with Gasteiger partial charge in [-0.2, -0.15) is 0 Å². The van der Waals surface area contributed by atoms with E-state index in [0.717, 1.165) is 12.1 Å². The fourth-order valence-corrected chi connectivity index (χ4v) is 2.77. The van der Waals surface area contributed by atoms with Crippen molar-refractivity contribution in [2.24, 2.45) is 0 Å². The molecule has 0 spiro atoms. The van der Waals surface area contributed by atoms with Gasteiger partial charge in [0.05, 0.1) is 12.0 Å². The number of ether oxygens (including phenoxy) is 1. The molecule has 0 saturated heterocycles. The van der Waals surface area contributed by atoms with Crippen LogP contribution in [0.4, 0.5) is 8.78 Å². The summed E-state index contributed by atoms with van der Waals surface area (Å²) in [5.41, 5.74) is 0.631. The first-order valence-corrected chi connectivity index (χ1v) is 7.49. The second-order valence-corrected chi connectivity index (χ2v) is 5.98. The Morgan fingerprint density at radius 2 is 1.81 bits per heavy atom. The van der Waals surface area contributed by atoms with E-state index in [4.69, 9.17) is 4.74 Å². The van der Waals surface area contributed by atoms with Gasteiger partial charge >= 0.3 is 0 Å². The molecular weight excluding hydrogens is 300 g/mol. The first-order valence-electron chi connectivity index (χ1n) is 6.00. The van der Waals surface area contributed by atoms with Crippen LogP contribution in [0.1, 0.15) is 5.56 Å². The van der Waals surface area contributed by atoms with Crippen LogP contribution in [-0.4, -0.2) is 15.5 Å². The van der Waals surface area contributed by atoms with Crippen LogP contribution in [0.5, 0.6) is 5.75 Å². The molecule has 2 rings (SSSR count). The highest BCUT2D eigenvalue weighted by Crippen LogP contribution is 2.18. The van der Waals surface area contributed by atoms with Crippen molar-refractivity contribution >= 4 is 10.0 Å². The van der Waals surface area contributed by atoms with Gasteiger partial charge < -0.3 is 4.74 Å². The number of hydrogen-bond acceptors (Lipinski definition) is 3. The lowest BCUT2D eigenvalue weighted by Crippen LogP contribution is -2.23. The van der Waals surface area contributed by atoms with Gasteiger partial charge in [-0.3, -0.25) is 0 Å². The minimum Gasteiger partial charge on any atom is -0.496 e. The molecule has 0 saturated carbocycles. The number of benzene rings is 2. The molecule has 0 fully saturated rings. The minimum atomic E-state index is -3.93. The maximum Gasteiger partial charge on any atom is 0.240 e. The Bertz CT molecular complexity index is 748. The molecule has 0 atom stereocenters. The van der Waals surface area contributed by atoms with Gasteiger partial charge in [0.2, 0.25) is 10.0 Å². The highest BCUT2D eigenvalue weighted by atomic mass is 32.2. The summed E-state index contributed by atoms with van der Waals surface area (Å²) in [6.07, 6.45) is 0. The zero-order valence-corrected chi connectivity index (χ0v) is 12.0. The topological polar surface area (TPSA) is 55.4 Å². The molecule has 21 heavy (non-hydrogen) atoms. The molecule has 0 aliphatic heterocycles. The Morgan fingerprint density at radius 3 is 2.48 bits per heavy atom. The number of nitrogens with one attached hydrogen (secondary N) is 1. The number of methoxy groups -OCH3 is 1. The SMILES string of the molecule is COc1ccccc1CNS(=O)(=O)c1ccc(F)c(F)c1. The standard InChI is InChI=1S/C14H13F2NO3S/c1-20-14-5-3-2-4-10(14)9-17-21(18,19)11-6-7-12(15)13(16)8-11/h2-8,17H,9H2,1H3. The van der Waals surface area contributed by atoms with E-state index in [0.29, 0.717) is 17.4 Å². The van der Waals surface area contributed by atoms with Crippen LogP contribution < -0.4 is 9.46 Å². The van der Waals surface area contributed by atoms with Crippen LogP contribution in [0.25, 0.3) is 0 Å². The van der Waals surface area contributed by atoms with E-state index < -0.39 is 21.7 Å². The van der Waals surface area contributed by atoms with Gasteiger partial charge in [0.1, 0.15) is 5.75 Å². The zero-order valence-electron chi connectivity index (χ0n) is 11.1. The lowest BCUT2D eigenvalue weighted by molar-refractivity contribution is 0.409. The zero-order chi connectivity index (χ0) is 15.5. The third-order valence-corrected chi connectivity index (χ3v) is 4.25. The molecule has 2 aromatic rings. The van der Waals surface area contributed by atoms with Crippen molar-refractivity contribution in [2.45, 2.75) is 11.4 Å². The van der Waals surface area contributed by atoms with E-state index in [9.17, 15) is 17.2 Å². The molecule has 1 N–H and O–H groups in total. The molecular formula is C14H13F2NO3S. The summed E-state index contributed by atoms with van der Waals surface area (Å²) in [6, 6.07) is 9.31. The van der Waals surface area contributed by atoms with Gasteiger partial charge in [-0.15, -0.1) is 0 Å². The van der Waals surface area contributed by atoms with Crippen LogP contribution in [0.15, 0.2) is 47.4 Å². The van der Waals surface area contributed by atoms with Crippen LogP contribution in [0, 0.1) is 11.6 Å². The molecule has 2 aromatic carbocycles. The normalized spacial score (nSPS) is 11.4. The van der Waals surface area contributed by atoms with E-state index >= 15 is 0 Å². The van der Waals surface area contributed by atoms with Crippen molar-refractivity contribution in [1.82, 2.24) is 4.72 Å². The van der Waals surface area contributed by atoms with Crippen LogP contribution in [0.3, 0.4) is 0 Å². The maximum absolute atomic E-state index is 13.1. The highest BCUT2D eigenvalue weighted by Gasteiger charge is 2.16. The van der Waals surface area contributed by atoms with Gasteiger partial charge in [0.15, 0.2) is 11.6 Å². The Hall–Kier alpha value is -1.99. The number of halogens is 2. The lowest BCUT2D eigenvalue weighted by Gasteiger charge is -2.10. The summed E-state index contributed by atoms with van der Waals surface area (Å²) in [6.45, 7) is -0.0225. The lowest BCUT2D eigenvalue weighted by atomic mass is 10.2. The molecule has 0 unspecified atom stereocenters. The molecule has 7 heteroatoms. The largest absolute Gasteiger partial charge is 0.496 e. The number of sulfonamides is 1. The first-order chi connectivity index (χ1) is 9.94. The van der Waals surface area contributed by atoms with Crippen molar-refractivity contribution in [3.8, 4) is 5.75 Å². The predicted molar refractivity (Wildman–Crippen MR) is 73.4 cm³/mol. The minimum absolute atomic E-state index is 0.0225. The molecule has 0 heterocycles. The average Bonchev–Trinajstić information content (AvgIpc) is 2.48. The van der Waals surface area contributed by atoms with Crippen molar-refractivity contribution < 1.29 is 21.9 Å². The monoisotopic (exact) mass is 313 g/mol. The molecule has 0 radical (unpaired) electrons. The molecule has 0 aliphatic carbocycles. The molecule has 112 valence electrons. The third-order valence-electron chi connectivity index (χ3n) is 2.85. The molecule has 0 aromatic heterocycles. The predicted octanol–water partition coefficient (Wildman–Crippen LogP) is 2.45. The van der Waals surface area contributed by atoms with Crippen LogP contribution >= 0.6 is 0 Å². The van der Waals surface area contributed by atoms with E-state index in [1.807, 2.05) is 0 Å². The Balaban J connectivity index is 2.20. The maximum atomic E-state index is 13.1. The quantitative estimate of drug-likeness (QED) is 0.922. The van der Waals surface area contributed by atoms with E-state index in [2.05, 4.69) is 4.72 Å². The highest BCUT2D eigenvalue weighted by molar-refractivity contribution is 7.89. The average molecular weight is 313 g/mol. The van der Waals surface area contributed by atoms with Crippen LogP contribution in [0.2, 0.25) is 0 Å². The number of para-hydroxylation sites is 1. The van der Waals surface area contributed by atoms with Crippen molar-refractivity contribution in [3.63, 3.8) is 0 Å². The van der Waals surface area contributed by atoms with E-state index in [-0.39, 0.29) is 11.4 Å². The van der Waals surface area contributed by atoms with Gasteiger partial charge in [-0.1, -0.05) is 18.2 Å². The van der Waals surface area contributed by atoms with Gasteiger partial charge in [0.25, 0.3) is 0 Å². The van der Waals surface area contributed by atoms with Gasteiger partial charge in [0, 0.05) is 12.1 Å². The Kier molecular flexibility index (Phi) is 4.54. The summed E-state index contributed by atoms with van der Waals surface area (Å²) in [5.74, 6) is -1.78. The second kappa shape index (κ2) is 6.19. The summed E-state index contributed by atoms with van der Waals surface area (Å²) in [5, 5.41) is 0. The summed E-state index contributed by atoms with van der Waals surface area (Å²) < 4.78 is 57.4. The number of hydrogen-bond donors (Lipinski definition) is 1. The Labute approximate surface area is 121 Å². The number of rotatable bonds is 5. The fraction of sp³-hybridized carbons (Fsp3) is 0.143. The molecule has 0 aliphatic rings. The van der Waals surface area contributed by atoms with E-state index in [1.54, 1.807) is 24.3 Å². The second-order valence-electron chi connectivity index (χ2n) is 4.21. The summed E-state index contributed by atoms with van der Waals surface area (Å²) in [7, 11) is -2.46. The smallest absolute Gasteiger partial charge is 0.240 e. The van der Waals surface area contributed by atoms with Crippen molar-refractivity contribution in [3.05, 3.63) is 59.7 Å². The van der Waals surface area contributed by atoms with Crippen LogP contribution in [-0.2, 0) is 16.6 Å². The molecule has 0 amide bonds. The van der Waals surface area contributed by atoms with E-state index in [1.165, 1.54) is 7.11 Å². The van der Waals surface area contributed by atoms with Crippen molar-refractivity contribution in [2.75, 3.05) is 7.11 Å². The Morgan fingerprint density at radius 1 is 1.10 bits per heavy atom.